The molecule has 3 aromatic rings. The largest absolute Gasteiger partial charge is 0.444 e. The summed E-state index contributed by atoms with van der Waals surface area (Å²) in [5.74, 6) is 0. The molecule has 3 aromatic heterocycles. The van der Waals surface area contributed by atoms with Crippen LogP contribution in [0.15, 0.2) is 50.8 Å². The molecule has 11 nitrogen and oxygen atoms in total. The highest BCUT2D eigenvalue weighted by atomic mass is 16.6. The lowest BCUT2D eigenvalue weighted by Crippen LogP contribution is -2.33. The number of aromatic nitrogens is 3. The Bertz CT molecular complexity index is 1560. The fraction of sp³-hybridized carbons (Fsp3) is 0.514. The van der Waals surface area contributed by atoms with Crippen LogP contribution in [0.3, 0.4) is 0 Å². The topological polar surface area (TPSA) is 187 Å². The molecule has 0 aliphatic carbocycles. The minimum Gasteiger partial charge on any atom is -0.444 e. The van der Waals surface area contributed by atoms with Crippen LogP contribution in [-0.2, 0) is 37.1 Å². The van der Waals surface area contributed by atoms with Crippen LogP contribution in [-0.4, -0.2) is 26.6 Å². The number of rotatable bonds is 12. The minimum absolute atomic E-state index is 0.0453. The highest BCUT2D eigenvalue weighted by Crippen LogP contribution is 2.07. The van der Waals surface area contributed by atoms with E-state index in [-0.39, 0.29) is 28.8 Å². The number of nitrogens with one attached hydrogen (secondary N) is 4. The molecule has 46 heavy (non-hydrogen) atoms. The SMILES string of the molecule is CCCCc1ccc(C#N)c(=O)[nH]1.CCCCc1ccc(CN)c(=O)[nH]1.CCCCc1ccc(CNC(=O)OC(C)(C)C)c(=O)[nH]1. The number of hydrogen-bond donors (Lipinski definition) is 5. The van der Waals surface area contributed by atoms with Crippen molar-refractivity contribution in [1.82, 2.24) is 20.3 Å². The molecule has 0 bridgehead atoms. The first-order chi connectivity index (χ1) is 21.9. The molecular formula is C35H52N6O5. The molecule has 0 fully saturated rings. The van der Waals surface area contributed by atoms with E-state index < -0.39 is 11.7 Å². The van der Waals surface area contributed by atoms with Gasteiger partial charge in [0.2, 0.25) is 0 Å². The van der Waals surface area contributed by atoms with E-state index in [1.807, 2.05) is 24.3 Å². The van der Waals surface area contributed by atoms with Gasteiger partial charge in [0.25, 0.3) is 16.7 Å². The average Bonchev–Trinajstić information content (AvgIpc) is 3.01. The number of nitrogens with two attached hydrogens (primary N) is 1. The molecule has 0 aromatic carbocycles. The third kappa shape index (κ3) is 16.0. The molecule has 0 spiro atoms. The second kappa shape index (κ2) is 21.3. The summed E-state index contributed by atoms with van der Waals surface area (Å²) in [5, 5.41) is 11.1. The number of alkyl carbamates (subject to hydrolysis) is 1. The molecule has 1 amide bonds. The third-order valence-corrected chi connectivity index (χ3v) is 6.63. The number of carbonyl (C=O) groups is 1. The monoisotopic (exact) mass is 636 g/mol. The zero-order chi connectivity index (χ0) is 34.5. The minimum atomic E-state index is -0.541. The second-order valence-electron chi connectivity index (χ2n) is 11.9. The Morgan fingerprint density at radius 2 is 1.20 bits per heavy atom. The van der Waals surface area contributed by atoms with Gasteiger partial charge in [0.15, 0.2) is 0 Å². The number of H-pyrrole nitrogens is 3. The number of amides is 1. The van der Waals surface area contributed by atoms with Crippen molar-refractivity contribution in [2.24, 2.45) is 5.73 Å². The van der Waals surface area contributed by atoms with Gasteiger partial charge in [0.05, 0.1) is 6.54 Å². The van der Waals surface area contributed by atoms with Gasteiger partial charge >= 0.3 is 6.09 Å². The quantitative estimate of drug-likeness (QED) is 0.173. The number of aryl methyl sites for hydroxylation is 3. The van der Waals surface area contributed by atoms with Crippen LogP contribution >= 0.6 is 0 Å². The maximum Gasteiger partial charge on any atom is 0.407 e. The molecule has 3 rings (SSSR count). The van der Waals surface area contributed by atoms with E-state index in [1.165, 1.54) is 0 Å². The summed E-state index contributed by atoms with van der Waals surface area (Å²) in [6.45, 7) is 12.2. The zero-order valence-corrected chi connectivity index (χ0v) is 28.3. The van der Waals surface area contributed by atoms with Gasteiger partial charge in [-0.25, -0.2) is 4.79 Å². The average molecular weight is 637 g/mol. The zero-order valence-electron chi connectivity index (χ0n) is 28.3. The van der Waals surface area contributed by atoms with Gasteiger partial charge in [-0.15, -0.1) is 0 Å². The predicted octanol–water partition coefficient (Wildman–Crippen LogP) is 5.51. The number of aromatic amines is 3. The summed E-state index contributed by atoms with van der Waals surface area (Å²) < 4.78 is 5.11. The van der Waals surface area contributed by atoms with Gasteiger partial charge in [-0.3, -0.25) is 14.4 Å². The van der Waals surface area contributed by atoms with E-state index in [2.05, 4.69) is 41.0 Å². The van der Waals surface area contributed by atoms with Crippen LogP contribution in [0.25, 0.3) is 0 Å². The van der Waals surface area contributed by atoms with Crippen LogP contribution in [0.4, 0.5) is 4.79 Å². The van der Waals surface area contributed by atoms with E-state index in [4.69, 9.17) is 15.7 Å². The van der Waals surface area contributed by atoms with Crippen molar-refractivity contribution in [1.29, 1.82) is 5.26 Å². The maximum absolute atomic E-state index is 11.9. The number of carbonyl (C=O) groups excluding carboxylic acids is 1. The molecule has 0 saturated carbocycles. The van der Waals surface area contributed by atoms with Crippen LogP contribution in [0.1, 0.15) is 114 Å². The Labute approximate surface area is 272 Å². The van der Waals surface area contributed by atoms with Crippen molar-refractivity contribution in [3.63, 3.8) is 0 Å². The molecule has 11 heteroatoms. The summed E-state index contributed by atoms with van der Waals surface area (Å²) in [6.07, 6.45) is 8.70. The first-order valence-corrected chi connectivity index (χ1v) is 16.1. The molecule has 0 radical (unpaired) electrons. The second-order valence-corrected chi connectivity index (χ2v) is 11.9. The molecule has 0 aliphatic heterocycles. The number of nitrogens with zero attached hydrogens (tertiary/aromatic N) is 1. The van der Waals surface area contributed by atoms with Crippen LogP contribution in [0, 0.1) is 11.3 Å². The van der Waals surface area contributed by atoms with Crippen LogP contribution in [0.5, 0.6) is 0 Å². The first-order valence-electron chi connectivity index (χ1n) is 16.1. The van der Waals surface area contributed by atoms with E-state index in [1.54, 1.807) is 39.0 Å². The van der Waals surface area contributed by atoms with E-state index in [0.29, 0.717) is 17.7 Å². The fourth-order valence-corrected chi connectivity index (χ4v) is 4.01. The number of hydrogen-bond acceptors (Lipinski definition) is 7. The number of pyridine rings is 3. The summed E-state index contributed by atoms with van der Waals surface area (Å²) in [6, 6.07) is 12.6. The van der Waals surface area contributed by atoms with E-state index in [9.17, 15) is 19.2 Å². The van der Waals surface area contributed by atoms with Gasteiger partial charge in [-0.05, 0) is 83.6 Å². The molecule has 252 valence electrons. The number of ether oxygens (including phenoxy) is 1. The standard InChI is InChI=1S/C15H24N2O3.C10H16N2O.C10H12N2O/c1-5-6-7-12-9-8-11(13(18)17-12)10-16-14(19)20-15(2,3)4;2*1-2-3-4-9-6-5-8(7-11)10(13)12-9/h8-9H,5-7,10H2,1-4H3,(H,16,19)(H,17,18);5-6H,2-4,7,11H2,1H3,(H,12,13);5-6H,2-4H2,1H3,(H,12,13). The molecular weight excluding hydrogens is 584 g/mol. The van der Waals surface area contributed by atoms with E-state index >= 15 is 0 Å². The van der Waals surface area contributed by atoms with Gasteiger partial charge in [-0.2, -0.15) is 5.26 Å². The van der Waals surface area contributed by atoms with Crippen molar-refractivity contribution < 1.29 is 9.53 Å². The van der Waals surface area contributed by atoms with Crippen molar-refractivity contribution in [2.45, 2.75) is 118 Å². The number of nitriles is 1. The molecule has 0 unspecified atom stereocenters. The lowest BCUT2D eigenvalue weighted by molar-refractivity contribution is 0.0523. The molecule has 0 aliphatic rings. The molecule has 6 N–H and O–H groups in total. The smallest absolute Gasteiger partial charge is 0.407 e. The van der Waals surface area contributed by atoms with Gasteiger partial charge in [0.1, 0.15) is 17.2 Å². The molecule has 3 heterocycles. The molecule has 0 saturated heterocycles. The Morgan fingerprint density at radius 1 is 0.761 bits per heavy atom. The lowest BCUT2D eigenvalue weighted by atomic mass is 10.1. The summed E-state index contributed by atoms with van der Waals surface area (Å²) in [4.78, 5) is 54.2. The summed E-state index contributed by atoms with van der Waals surface area (Å²) in [7, 11) is 0. The van der Waals surface area contributed by atoms with Gasteiger partial charge in [0, 0.05) is 34.8 Å². The highest BCUT2D eigenvalue weighted by Gasteiger charge is 2.16. The van der Waals surface area contributed by atoms with E-state index in [0.717, 1.165) is 74.9 Å². The van der Waals surface area contributed by atoms with Crippen molar-refractivity contribution in [2.75, 3.05) is 0 Å². The molecule has 0 atom stereocenters. The van der Waals surface area contributed by atoms with Crippen LogP contribution < -0.4 is 27.7 Å². The van der Waals surface area contributed by atoms with Crippen molar-refractivity contribution in [3.8, 4) is 6.07 Å². The van der Waals surface area contributed by atoms with Gasteiger partial charge in [-0.1, -0.05) is 52.2 Å². The number of unbranched alkanes of at least 4 members (excludes halogenated alkanes) is 3. The normalized spacial score (nSPS) is 10.5. The Balaban J connectivity index is 0.000000358. The Morgan fingerprint density at radius 3 is 1.57 bits per heavy atom. The summed E-state index contributed by atoms with van der Waals surface area (Å²) >= 11 is 0. The van der Waals surface area contributed by atoms with Crippen LogP contribution in [0.2, 0.25) is 0 Å². The Hall–Kier alpha value is -4.43. The first kappa shape index (κ1) is 39.6. The summed E-state index contributed by atoms with van der Waals surface area (Å²) in [5.41, 5.74) is 8.55. The van der Waals surface area contributed by atoms with Gasteiger partial charge < -0.3 is 30.7 Å². The van der Waals surface area contributed by atoms with Crippen molar-refractivity contribution in [3.05, 3.63) is 101 Å². The maximum atomic E-state index is 11.9. The lowest BCUT2D eigenvalue weighted by Gasteiger charge is -2.19. The fourth-order valence-electron chi connectivity index (χ4n) is 4.01. The predicted molar refractivity (Wildman–Crippen MR) is 183 cm³/mol. The van der Waals surface area contributed by atoms with Crippen molar-refractivity contribution >= 4 is 6.09 Å². The highest BCUT2D eigenvalue weighted by molar-refractivity contribution is 5.67. The Kier molecular flexibility index (Phi) is 18.4. The third-order valence-electron chi connectivity index (χ3n) is 6.63.